The number of anilines is 1. The van der Waals surface area contributed by atoms with Crippen molar-refractivity contribution in [1.29, 1.82) is 0 Å². The molecule has 0 bridgehead atoms. The molecule has 1 saturated heterocycles. The minimum Gasteiger partial charge on any atom is -0.343 e. The van der Waals surface area contributed by atoms with Crippen LogP contribution in [0.15, 0.2) is 51.9 Å². The third-order valence-corrected chi connectivity index (χ3v) is 5.93. The van der Waals surface area contributed by atoms with Crippen molar-refractivity contribution in [3.05, 3.63) is 53.7 Å². The van der Waals surface area contributed by atoms with Gasteiger partial charge in [-0.1, -0.05) is 18.2 Å². The van der Waals surface area contributed by atoms with E-state index in [1.807, 2.05) is 13.0 Å². The Kier molecular flexibility index (Phi) is 3.99. The molecule has 134 valence electrons. The van der Waals surface area contributed by atoms with E-state index < -0.39 is 16.1 Å². The molecule has 1 amide bonds. The maximum absolute atomic E-state index is 12.7. The van der Waals surface area contributed by atoms with E-state index >= 15 is 0 Å². The van der Waals surface area contributed by atoms with Crippen molar-refractivity contribution in [2.45, 2.75) is 30.7 Å². The number of amides is 1. The van der Waals surface area contributed by atoms with Gasteiger partial charge in [0.15, 0.2) is 5.84 Å². The molecule has 0 aliphatic carbocycles. The Hall–Kier alpha value is -2.74. The van der Waals surface area contributed by atoms with Gasteiger partial charge in [-0.15, -0.1) is 4.40 Å². The number of hydrogen-bond acceptors (Lipinski definition) is 5. The van der Waals surface area contributed by atoms with Crippen molar-refractivity contribution in [3.63, 3.8) is 0 Å². The topological polar surface area (TPSA) is 91.7 Å². The average Bonchev–Trinajstić information content (AvgIpc) is 3.20. The predicted octanol–water partition coefficient (Wildman–Crippen LogP) is 1.94. The number of carbonyl (C=O) groups excluding carboxylic acids is 1. The number of nitrogens with zero attached hydrogens (tertiary/aromatic N) is 3. The van der Waals surface area contributed by atoms with Crippen molar-refractivity contribution < 1.29 is 13.2 Å². The lowest BCUT2D eigenvalue weighted by Gasteiger charge is -2.25. The largest absolute Gasteiger partial charge is 0.343 e. The third-order valence-electron chi connectivity index (χ3n) is 4.60. The lowest BCUT2D eigenvalue weighted by Crippen LogP contribution is -2.43. The summed E-state index contributed by atoms with van der Waals surface area (Å²) in [7, 11) is -3.70. The molecule has 1 aromatic carbocycles. The van der Waals surface area contributed by atoms with Gasteiger partial charge in [-0.05, 0) is 43.5 Å². The smallest absolute Gasteiger partial charge is 0.285 e. The van der Waals surface area contributed by atoms with Gasteiger partial charge in [0.05, 0.1) is 0 Å². The normalized spacial score (nSPS) is 20.6. The molecule has 0 radical (unpaired) electrons. The summed E-state index contributed by atoms with van der Waals surface area (Å²) in [5, 5.41) is 2.81. The van der Waals surface area contributed by atoms with Gasteiger partial charge in [-0.3, -0.25) is 4.79 Å². The van der Waals surface area contributed by atoms with Gasteiger partial charge in [0.1, 0.15) is 16.8 Å². The Morgan fingerprint density at radius 2 is 2.04 bits per heavy atom. The zero-order valence-electron chi connectivity index (χ0n) is 14.2. The number of carbonyl (C=O) groups is 1. The summed E-state index contributed by atoms with van der Waals surface area (Å²) in [6, 6.07) is 9.87. The summed E-state index contributed by atoms with van der Waals surface area (Å²) < 4.78 is 28.5. The van der Waals surface area contributed by atoms with Crippen LogP contribution in [-0.4, -0.2) is 42.6 Å². The van der Waals surface area contributed by atoms with Crippen LogP contribution in [-0.2, 0) is 14.8 Å². The van der Waals surface area contributed by atoms with Crippen LogP contribution in [0.3, 0.4) is 0 Å². The van der Waals surface area contributed by atoms with Crippen molar-refractivity contribution >= 4 is 27.6 Å². The summed E-state index contributed by atoms with van der Waals surface area (Å²) in [6.45, 7) is 2.51. The Morgan fingerprint density at radius 1 is 1.23 bits per heavy atom. The molecule has 1 fully saturated rings. The summed E-state index contributed by atoms with van der Waals surface area (Å²) >= 11 is 0. The number of benzene rings is 1. The molecule has 3 heterocycles. The molecule has 26 heavy (non-hydrogen) atoms. The number of sulfonamides is 1. The highest BCUT2D eigenvalue weighted by Gasteiger charge is 2.39. The second-order valence-corrected chi connectivity index (χ2v) is 8.02. The fourth-order valence-corrected chi connectivity index (χ4v) is 4.56. The van der Waals surface area contributed by atoms with Crippen LogP contribution in [0.25, 0.3) is 0 Å². The van der Waals surface area contributed by atoms with Crippen molar-refractivity contribution in [2.24, 2.45) is 4.40 Å². The minimum absolute atomic E-state index is 0.196. The first-order valence-corrected chi connectivity index (χ1v) is 9.84. The quantitative estimate of drug-likeness (QED) is 0.872. The maximum atomic E-state index is 12.7. The number of nitrogens with one attached hydrogen (secondary N) is 1. The van der Waals surface area contributed by atoms with E-state index in [1.54, 1.807) is 41.4 Å². The van der Waals surface area contributed by atoms with E-state index in [1.165, 1.54) is 0 Å². The highest BCUT2D eigenvalue weighted by atomic mass is 32.2. The molecule has 0 spiro atoms. The van der Waals surface area contributed by atoms with Crippen LogP contribution >= 0.6 is 0 Å². The molecule has 1 atom stereocenters. The van der Waals surface area contributed by atoms with E-state index in [2.05, 4.69) is 14.7 Å². The standard InChI is InChI=1S/C18H18N4O3S/c1-12-8-9-16(19-11-12)20-18(23)14-6-4-10-22(14)17-13-5-2-3-7-15(13)26(24,25)21-17/h2-3,5,7-9,11,14H,4,6,10H2,1H3,(H,19,20,23)/t14-/m0/s1. The molecule has 2 aliphatic rings. The van der Waals surface area contributed by atoms with Gasteiger partial charge in [-0.25, -0.2) is 4.98 Å². The highest BCUT2D eigenvalue weighted by molar-refractivity contribution is 7.90. The van der Waals surface area contributed by atoms with Crippen molar-refractivity contribution in [3.8, 4) is 0 Å². The minimum atomic E-state index is -3.70. The van der Waals surface area contributed by atoms with Crippen LogP contribution in [0.4, 0.5) is 5.82 Å². The molecular weight excluding hydrogens is 352 g/mol. The zero-order chi connectivity index (χ0) is 18.3. The van der Waals surface area contributed by atoms with Crippen LogP contribution in [0.5, 0.6) is 0 Å². The Labute approximate surface area is 151 Å². The van der Waals surface area contributed by atoms with E-state index in [-0.39, 0.29) is 10.8 Å². The number of pyridine rings is 1. The molecule has 0 unspecified atom stereocenters. The van der Waals surface area contributed by atoms with Gasteiger partial charge in [0.25, 0.3) is 10.0 Å². The number of rotatable bonds is 2. The van der Waals surface area contributed by atoms with Gasteiger partial charge >= 0.3 is 0 Å². The second-order valence-electron chi connectivity index (χ2n) is 6.45. The summed E-state index contributed by atoms with van der Waals surface area (Å²) in [4.78, 5) is 18.9. The van der Waals surface area contributed by atoms with Gasteiger partial charge in [-0.2, -0.15) is 8.42 Å². The van der Waals surface area contributed by atoms with Crippen LogP contribution in [0.2, 0.25) is 0 Å². The molecule has 4 rings (SSSR count). The maximum Gasteiger partial charge on any atom is 0.285 e. The third kappa shape index (κ3) is 2.86. The first-order valence-electron chi connectivity index (χ1n) is 8.40. The average molecular weight is 370 g/mol. The highest BCUT2D eigenvalue weighted by Crippen LogP contribution is 2.31. The second kappa shape index (κ2) is 6.21. The number of likely N-dealkylation sites (tertiary alicyclic amines) is 1. The number of aryl methyl sites for hydroxylation is 1. The van der Waals surface area contributed by atoms with Gasteiger partial charge in [0, 0.05) is 18.3 Å². The molecule has 1 aromatic heterocycles. The van der Waals surface area contributed by atoms with E-state index in [0.717, 1.165) is 12.0 Å². The van der Waals surface area contributed by atoms with Crippen molar-refractivity contribution in [1.82, 2.24) is 9.88 Å². The molecule has 7 nitrogen and oxygen atoms in total. The molecule has 2 aliphatic heterocycles. The summed E-state index contributed by atoms with van der Waals surface area (Å²) in [5.74, 6) is 0.632. The summed E-state index contributed by atoms with van der Waals surface area (Å²) in [5.41, 5.74) is 1.56. The number of hydrogen-bond donors (Lipinski definition) is 1. The number of fused-ring (bicyclic) bond motifs is 1. The lowest BCUT2D eigenvalue weighted by molar-refractivity contribution is -0.119. The van der Waals surface area contributed by atoms with Crippen LogP contribution < -0.4 is 5.32 Å². The number of amidine groups is 1. The first-order chi connectivity index (χ1) is 12.5. The summed E-state index contributed by atoms with van der Waals surface area (Å²) in [6.07, 6.45) is 3.12. The Balaban J connectivity index is 1.61. The lowest BCUT2D eigenvalue weighted by atomic mass is 10.1. The van der Waals surface area contributed by atoms with Crippen molar-refractivity contribution in [2.75, 3.05) is 11.9 Å². The Morgan fingerprint density at radius 3 is 2.81 bits per heavy atom. The van der Waals surface area contributed by atoms with Gasteiger partial charge in [0.2, 0.25) is 5.91 Å². The van der Waals surface area contributed by atoms with Crippen LogP contribution in [0, 0.1) is 6.92 Å². The first kappa shape index (κ1) is 16.7. The molecule has 8 heteroatoms. The molecule has 2 aromatic rings. The van der Waals surface area contributed by atoms with E-state index in [9.17, 15) is 13.2 Å². The Bertz CT molecular complexity index is 999. The van der Waals surface area contributed by atoms with E-state index in [0.29, 0.717) is 30.2 Å². The van der Waals surface area contributed by atoms with Gasteiger partial charge < -0.3 is 10.2 Å². The fraction of sp³-hybridized carbons (Fsp3) is 0.278. The van der Waals surface area contributed by atoms with Crippen LogP contribution in [0.1, 0.15) is 24.0 Å². The molecule has 1 N–H and O–H groups in total. The molecular formula is C18H18N4O3S. The monoisotopic (exact) mass is 370 g/mol. The number of aromatic nitrogens is 1. The van der Waals surface area contributed by atoms with E-state index in [4.69, 9.17) is 0 Å². The molecule has 0 saturated carbocycles. The SMILES string of the molecule is Cc1ccc(NC(=O)[C@@H]2CCCN2C2=NS(=O)(=O)c3ccccc32)nc1. The zero-order valence-corrected chi connectivity index (χ0v) is 15.0. The fourth-order valence-electron chi connectivity index (χ4n) is 3.34. The predicted molar refractivity (Wildman–Crippen MR) is 97.5 cm³/mol.